The summed E-state index contributed by atoms with van der Waals surface area (Å²) in [4.78, 5) is 6.98. The van der Waals surface area contributed by atoms with Crippen LogP contribution < -0.4 is 10.2 Å². The minimum absolute atomic E-state index is 0.774. The van der Waals surface area contributed by atoms with Gasteiger partial charge < -0.3 is 14.6 Å². The van der Waals surface area contributed by atoms with Gasteiger partial charge in [0, 0.05) is 19.6 Å². The maximum absolute atomic E-state index is 6.02. The van der Waals surface area contributed by atoms with Crippen LogP contribution in [-0.4, -0.2) is 31.2 Å². The van der Waals surface area contributed by atoms with Crippen molar-refractivity contribution in [2.45, 2.75) is 27.2 Å². The van der Waals surface area contributed by atoms with Crippen LogP contribution in [0.2, 0.25) is 0 Å². The van der Waals surface area contributed by atoms with E-state index in [9.17, 15) is 0 Å². The second kappa shape index (κ2) is 4.85. The lowest BCUT2D eigenvalue weighted by molar-refractivity contribution is 0.569. The van der Waals surface area contributed by atoms with E-state index in [2.05, 4.69) is 37.1 Å². The first kappa shape index (κ1) is 12.5. The largest absolute Gasteiger partial charge is 0.423 e. The summed E-state index contributed by atoms with van der Waals surface area (Å²) in [6, 6.07) is 2.95. The average molecular weight is 259 g/mol. The zero-order chi connectivity index (χ0) is 13.4. The molecule has 0 unspecified atom stereocenters. The van der Waals surface area contributed by atoms with Crippen molar-refractivity contribution in [1.29, 1.82) is 0 Å². The van der Waals surface area contributed by atoms with Gasteiger partial charge in [-0.15, -0.1) is 0 Å². The molecule has 1 fully saturated rings. The molecule has 0 atom stereocenters. The van der Waals surface area contributed by atoms with Gasteiger partial charge in [0.1, 0.15) is 5.52 Å². The highest BCUT2D eigenvalue weighted by Gasteiger charge is 2.18. The molecule has 4 heteroatoms. The van der Waals surface area contributed by atoms with Crippen molar-refractivity contribution in [2.24, 2.45) is 0 Å². The maximum Gasteiger partial charge on any atom is 0.298 e. The van der Waals surface area contributed by atoms with Crippen molar-refractivity contribution in [2.75, 3.05) is 31.1 Å². The third kappa shape index (κ3) is 2.21. The van der Waals surface area contributed by atoms with Crippen molar-refractivity contribution in [3.05, 3.63) is 22.8 Å². The molecule has 0 bridgehead atoms. The van der Waals surface area contributed by atoms with E-state index in [1.807, 2.05) is 0 Å². The number of nitrogens with one attached hydrogen (secondary N) is 1. The monoisotopic (exact) mass is 259 g/mol. The summed E-state index contributed by atoms with van der Waals surface area (Å²) in [5.74, 6) is 0. The highest BCUT2D eigenvalue weighted by molar-refractivity contribution is 5.82. The molecular formula is C15H21N3O. The molecule has 1 N–H and O–H groups in total. The minimum atomic E-state index is 0.774. The SMILES string of the molecule is Cc1cc(C)c2oc(N3CCCNCC3)nc2c1C. The number of anilines is 1. The first-order chi connectivity index (χ1) is 9.16. The Kier molecular flexibility index (Phi) is 3.19. The first-order valence-electron chi connectivity index (χ1n) is 7.00. The predicted molar refractivity (Wildman–Crippen MR) is 77.9 cm³/mol. The average Bonchev–Trinajstić information content (AvgIpc) is 2.66. The minimum Gasteiger partial charge on any atom is -0.423 e. The summed E-state index contributed by atoms with van der Waals surface area (Å²) in [6.45, 7) is 10.4. The van der Waals surface area contributed by atoms with E-state index in [4.69, 9.17) is 9.40 Å². The summed E-state index contributed by atoms with van der Waals surface area (Å²) in [5, 5.41) is 3.40. The van der Waals surface area contributed by atoms with Crippen LogP contribution in [0, 0.1) is 20.8 Å². The van der Waals surface area contributed by atoms with E-state index in [-0.39, 0.29) is 0 Å². The Morgan fingerprint density at radius 1 is 1.16 bits per heavy atom. The molecule has 1 aromatic heterocycles. The Balaban J connectivity index is 2.05. The van der Waals surface area contributed by atoms with E-state index in [0.717, 1.165) is 49.7 Å². The fourth-order valence-corrected chi connectivity index (χ4v) is 2.69. The second-order valence-electron chi connectivity index (χ2n) is 5.40. The van der Waals surface area contributed by atoms with Gasteiger partial charge >= 0.3 is 0 Å². The molecule has 102 valence electrons. The lowest BCUT2D eigenvalue weighted by Crippen LogP contribution is -2.27. The van der Waals surface area contributed by atoms with E-state index in [1.54, 1.807) is 0 Å². The number of aromatic nitrogens is 1. The number of hydrogen-bond acceptors (Lipinski definition) is 4. The lowest BCUT2D eigenvalue weighted by atomic mass is 10.1. The standard InChI is InChI=1S/C15H21N3O/c1-10-9-11(2)14-13(12(10)3)17-15(19-14)18-7-4-5-16-6-8-18/h9,16H,4-8H2,1-3H3. The molecule has 4 nitrogen and oxygen atoms in total. The van der Waals surface area contributed by atoms with E-state index >= 15 is 0 Å². The van der Waals surface area contributed by atoms with Gasteiger partial charge in [-0.25, -0.2) is 0 Å². The highest BCUT2D eigenvalue weighted by atomic mass is 16.4. The molecule has 1 aliphatic heterocycles. The normalized spacial score (nSPS) is 16.9. The number of benzene rings is 1. The van der Waals surface area contributed by atoms with Crippen LogP contribution in [0.5, 0.6) is 0 Å². The maximum atomic E-state index is 6.02. The van der Waals surface area contributed by atoms with Crippen LogP contribution in [0.25, 0.3) is 11.1 Å². The third-order valence-electron chi connectivity index (χ3n) is 3.96. The van der Waals surface area contributed by atoms with E-state index in [0.29, 0.717) is 0 Å². The van der Waals surface area contributed by atoms with Gasteiger partial charge in [0.25, 0.3) is 6.01 Å². The van der Waals surface area contributed by atoms with Gasteiger partial charge in [-0.2, -0.15) is 4.98 Å². The zero-order valence-corrected chi connectivity index (χ0v) is 11.9. The summed E-state index contributed by atoms with van der Waals surface area (Å²) in [6.07, 6.45) is 1.13. The van der Waals surface area contributed by atoms with Gasteiger partial charge in [-0.1, -0.05) is 6.07 Å². The van der Waals surface area contributed by atoms with Gasteiger partial charge in [0.15, 0.2) is 5.58 Å². The number of oxazole rings is 1. The second-order valence-corrected chi connectivity index (χ2v) is 5.40. The van der Waals surface area contributed by atoms with Crippen molar-refractivity contribution in [3.63, 3.8) is 0 Å². The molecule has 3 rings (SSSR count). The molecule has 0 spiro atoms. The van der Waals surface area contributed by atoms with Crippen molar-refractivity contribution in [3.8, 4) is 0 Å². The van der Waals surface area contributed by atoms with E-state index in [1.165, 1.54) is 16.7 Å². The van der Waals surface area contributed by atoms with Gasteiger partial charge in [0.2, 0.25) is 0 Å². The highest BCUT2D eigenvalue weighted by Crippen LogP contribution is 2.29. The molecule has 0 amide bonds. The summed E-state index contributed by atoms with van der Waals surface area (Å²) >= 11 is 0. The number of rotatable bonds is 1. The van der Waals surface area contributed by atoms with Crippen LogP contribution in [0.4, 0.5) is 6.01 Å². The van der Waals surface area contributed by atoms with Crippen LogP contribution >= 0.6 is 0 Å². The number of hydrogen-bond donors (Lipinski definition) is 1. The van der Waals surface area contributed by atoms with Crippen molar-refractivity contribution in [1.82, 2.24) is 10.3 Å². The number of aryl methyl sites for hydroxylation is 3. The smallest absolute Gasteiger partial charge is 0.298 e. The molecule has 19 heavy (non-hydrogen) atoms. The molecule has 0 radical (unpaired) electrons. The fourth-order valence-electron chi connectivity index (χ4n) is 2.69. The molecule has 1 saturated heterocycles. The molecule has 1 aromatic carbocycles. The van der Waals surface area contributed by atoms with Crippen LogP contribution in [0.1, 0.15) is 23.1 Å². The van der Waals surface area contributed by atoms with E-state index < -0.39 is 0 Å². The van der Waals surface area contributed by atoms with Gasteiger partial charge in [0.05, 0.1) is 0 Å². The molecule has 0 saturated carbocycles. The fraction of sp³-hybridized carbons (Fsp3) is 0.533. The van der Waals surface area contributed by atoms with Crippen LogP contribution in [0.15, 0.2) is 10.5 Å². The Morgan fingerprint density at radius 3 is 2.84 bits per heavy atom. The Morgan fingerprint density at radius 2 is 2.00 bits per heavy atom. The Hall–Kier alpha value is -1.55. The number of fused-ring (bicyclic) bond motifs is 1. The zero-order valence-electron chi connectivity index (χ0n) is 11.9. The summed E-state index contributed by atoms with van der Waals surface area (Å²) in [7, 11) is 0. The molecule has 2 aromatic rings. The summed E-state index contributed by atoms with van der Waals surface area (Å²) in [5.41, 5.74) is 5.63. The molecule has 1 aliphatic rings. The van der Waals surface area contributed by atoms with Crippen LogP contribution in [0.3, 0.4) is 0 Å². The predicted octanol–water partition coefficient (Wildman–Crippen LogP) is 2.55. The molecule has 2 heterocycles. The van der Waals surface area contributed by atoms with Crippen molar-refractivity contribution < 1.29 is 4.42 Å². The Labute approximate surface area is 113 Å². The first-order valence-corrected chi connectivity index (χ1v) is 7.00. The topological polar surface area (TPSA) is 41.3 Å². The third-order valence-corrected chi connectivity index (χ3v) is 3.96. The molecule has 0 aliphatic carbocycles. The lowest BCUT2D eigenvalue weighted by Gasteiger charge is -2.16. The number of nitrogens with zero attached hydrogens (tertiary/aromatic N) is 2. The Bertz CT molecular complexity index is 595. The van der Waals surface area contributed by atoms with Crippen molar-refractivity contribution >= 4 is 17.1 Å². The molecular weight excluding hydrogens is 238 g/mol. The van der Waals surface area contributed by atoms with Gasteiger partial charge in [-0.05, 0) is 50.4 Å². The quantitative estimate of drug-likeness (QED) is 0.854. The summed E-state index contributed by atoms with van der Waals surface area (Å²) < 4.78 is 6.02. The van der Waals surface area contributed by atoms with Crippen LogP contribution in [-0.2, 0) is 0 Å². The van der Waals surface area contributed by atoms with Gasteiger partial charge in [-0.3, -0.25) is 0 Å².